The van der Waals surface area contributed by atoms with E-state index in [0.717, 1.165) is 51.4 Å². The maximum absolute atomic E-state index is 2.47. The number of benzene rings is 4. The van der Waals surface area contributed by atoms with Crippen LogP contribution < -0.4 is 17.6 Å². The molecule has 0 aliphatic carbocycles. The minimum absolute atomic E-state index is 1.13. The van der Waals surface area contributed by atoms with Gasteiger partial charge in [0.2, 0.25) is 0 Å². The van der Waals surface area contributed by atoms with Crippen molar-refractivity contribution in [2.75, 3.05) is 0 Å². The summed E-state index contributed by atoms with van der Waals surface area (Å²) in [6.45, 7) is 19.1. The first-order valence-electron chi connectivity index (χ1n) is 17.2. The molecule has 0 atom stereocenters. The Morgan fingerprint density at radius 1 is 0.302 bits per heavy atom. The maximum atomic E-state index is 2.47. The van der Waals surface area contributed by atoms with Crippen molar-refractivity contribution in [2.24, 2.45) is 0 Å². The molecule has 0 unspecified atom stereocenters. The minimum atomic E-state index is -2.04. The van der Waals surface area contributed by atoms with Gasteiger partial charge < -0.3 is 0 Å². The van der Waals surface area contributed by atoms with Crippen molar-refractivity contribution in [3.05, 3.63) is 117 Å². The number of hydrogen-bond donors (Lipinski definition) is 0. The molecule has 4 rings (SSSR count). The molecule has 226 valence electrons. The standard InChI is InChI=1S/C41H54Ge2/c1-9-30-21-17-22-31(10-2)38(30)42(39-32(11-3)23-18-24-33(39)12-4)29-43(40-34(13-5)25-19-26-35(40)14-6)41-36(15-7)27-20-28-37(41)16-8/h17-28H,9-16,29H2,1-8H3. The Labute approximate surface area is 273 Å². The molecule has 0 saturated heterocycles. The molecule has 0 aliphatic rings. The summed E-state index contributed by atoms with van der Waals surface area (Å²) in [6.07, 6.45) is 9.02. The van der Waals surface area contributed by atoms with Crippen molar-refractivity contribution < 1.29 is 0 Å². The summed E-state index contributed by atoms with van der Waals surface area (Å²) in [5.74, 6) is 0. The molecule has 43 heavy (non-hydrogen) atoms. The summed E-state index contributed by atoms with van der Waals surface area (Å²) in [4.78, 5) is 0. The second-order valence-electron chi connectivity index (χ2n) is 11.8. The van der Waals surface area contributed by atoms with E-state index in [9.17, 15) is 0 Å². The van der Waals surface area contributed by atoms with Gasteiger partial charge in [0.1, 0.15) is 0 Å². The summed E-state index contributed by atoms with van der Waals surface area (Å²) >= 11 is -4.07. The third kappa shape index (κ3) is 7.12. The zero-order valence-corrected chi connectivity index (χ0v) is 32.5. The van der Waals surface area contributed by atoms with Gasteiger partial charge in [-0.1, -0.05) is 0 Å². The Morgan fingerprint density at radius 3 is 0.605 bits per heavy atom. The molecule has 0 bridgehead atoms. The first-order valence-corrected chi connectivity index (χ1v) is 24.3. The van der Waals surface area contributed by atoms with Gasteiger partial charge in [-0.25, -0.2) is 0 Å². The SMILES string of the molecule is CCc1cccc(CC)[c]1[Ge]([CH2][Ge]([c]1c(CC)cccc1CC)[c]1c(CC)cccc1CC)[c]1c(CC)cccc1CC. The summed E-state index contributed by atoms with van der Waals surface area (Å²) in [7, 11) is 0. The topological polar surface area (TPSA) is 0 Å². The molecule has 4 aromatic carbocycles. The summed E-state index contributed by atoms with van der Waals surface area (Å²) < 4.78 is 8.68. The quantitative estimate of drug-likeness (QED) is 0.119. The Balaban J connectivity index is 2.15. The molecule has 2 heteroatoms. The van der Waals surface area contributed by atoms with Crippen molar-refractivity contribution in [1.82, 2.24) is 0 Å². The third-order valence-corrected chi connectivity index (χ3v) is 29.2. The summed E-state index contributed by atoms with van der Waals surface area (Å²) in [5, 5.41) is 0. The van der Waals surface area contributed by atoms with E-state index in [0.29, 0.717) is 0 Å². The molecular formula is C41H54Ge2. The van der Waals surface area contributed by atoms with Crippen LogP contribution in [0, 0.1) is 0 Å². The number of aryl methyl sites for hydroxylation is 8. The molecule has 0 aromatic heterocycles. The van der Waals surface area contributed by atoms with E-state index in [2.05, 4.69) is 128 Å². The fourth-order valence-electron chi connectivity index (χ4n) is 7.30. The van der Waals surface area contributed by atoms with Crippen molar-refractivity contribution >= 4 is 46.3 Å². The summed E-state index contributed by atoms with van der Waals surface area (Å²) in [6, 6.07) is 29.1. The fourth-order valence-corrected chi connectivity index (χ4v) is 33.0. The Bertz CT molecular complexity index is 1190. The van der Waals surface area contributed by atoms with E-state index in [1.807, 2.05) is 17.6 Å². The second-order valence-corrected chi connectivity index (χ2v) is 24.6. The normalized spacial score (nSPS) is 11.6. The van der Waals surface area contributed by atoms with Crippen LogP contribution in [-0.4, -0.2) is 28.7 Å². The first-order chi connectivity index (χ1) is 21.0. The van der Waals surface area contributed by atoms with Gasteiger partial charge in [0.05, 0.1) is 0 Å². The van der Waals surface area contributed by atoms with E-state index in [-0.39, 0.29) is 0 Å². The molecule has 2 radical (unpaired) electrons. The molecule has 0 aliphatic heterocycles. The van der Waals surface area contributed by atoms with Crippen molar-refractivity contribution in [3.63, 3.8) is 0 Å². The van der Waals surface area contributed by atoms with Gasteiger partial charge in [-0.3, -0.25) is 0 Å². The molecular weight excluding hydrogens is 638 g/mol. The van der Waals surface area contributed by atoms with Gasteiger partial charge in [0.25, 0.3) is 0 Å². The van der Waals surface area contributed by atoms with Crippen molar-refractivity contribution in [1.29, 1.82) is 0 Å². The van der Waals surface area contributed by atoms with Crippen LogP contribution in [0.1, 0.15) is 99.9 Å². The second kappa shape index (κ2) is 16.3. The van der Waals surface area contributed by atoms with Crippen LogP contribution in [0.3, 0.4) is 0 Å². The van der Waals surface area contributed by atoms with Crippen LogP contribution in [-0.2, 0) is 51.4 Å². The van der Waals surface area contributed by atoms with Gasteiger partial charge in [0, 0.05) is 0 Å². The van der Waals surface area contributed by atoms with Crippen LogP contribution in [0.5, 0.6) is 0 Å². The van der Waals surface area contributed by atoms with Crippen molar-refractivity contribution in [3.8, 4) is 0 Å². The average molecular weight is 692 g/mol. The average Bonchev–Trinajstić information content (AvgIpc) is 3.07. The molecule has 0 amide bonds. The molecule has 0 nitrogen and oxygen atoms in total. The van der Waals surface area contributed by atoms with E-state index in [4.69, 9.17) is 0 Å². The van der Waals surface area contributed by atoms with Crippen LogP contribution in [0.2, 0.25) is 4.09 Å². The predicted octanol–water partition coefficient (Wildman–Crippen LogP) is 7.64. The van der Waals surface area contributed by atoms with E-state index >= 15 is 0 Å². The monoisotopic (exact) mass is 694 g/mol. The van der Waals surface area contributed by atoms with Gasteiger partial charge in [-0.2, -0.15) is 0 Å². The molecule has 0 saturated carbocycles. The number of rotatable bonds is 14. The van der Waals surface area contributed by atoms with Crippen LogP contribution in [0.25, 0.3) is 0 Å². The molecule has 0 heterocycles. The van der Waals surface area contributed by atoms with Gasteiger partial charge >= 0.3 is 274 Å². The molecule has 0 N–H and O–H groups in total. The van der Waals surface area contributed by atoms with Gasteiger partial charge in [-0.15, -0.1) is 0 Å². The fraction of sp³-hybridized carbons (Fsp3) is 0.415. The van der Waals surface area contributed by atoms with Crippen LogP contribution in [0.15, 0.2) is 72.8 Å². The van der Waals surface area contributed by atoms with Gasteiger partial charge in [-0.05, 0) is 0 Å². The number of hydrogen-bond acceptors (Lipinski definition) is 0. The van der Waals surface area contributed by atoms with Gasteiger partial charge in [0.15, 0.2) is 0 Å². The summed E-state index contributed by atoms with van der Waals surface area (Å²) in [5.41, 5.74) is 13.0. The molecule has 0 spiro atoms. The third-order valence-electron chi connectivity index (χ3n) is 9.56. The van der Waals surface area contributed by atoms with Crippen molar-refractivity contribution in [2.45, 2.75) is 111 Å². The first kappa shape index (κ1) is 33.9. The van der Waals surface area contributed by atoms with Crippen LogP contribution >= 0.6 is 0 Å². The predicted molar refractivity (Wildman–Crippen MR) is 196 cm³/mol. The molecule has 4 aromatic rings. The zero-order chi connectivity index (χ0) is 30.9. The Kier molecular flexibility index (Phi) is 12.9. The Hall–Kier alpha value is -2.03. The molecule has 0 fully saturated rings. The Morgan fingerprint density at radius 2 is 0.465 bits per heavy atom. The van der Waals surface area contributed by atoms with E-state index in [1.54, 1.807) is 44.5 Å². The van der Waals surface area contributed by atoms with Crippen LogP contribution in [0.4, 0.5) is 0 Å². The zero-order valence-electron chi connectivity index (χ0n) is 28.3. The van der Waals surface area contributed by atoms with E-state index < -0.39 is 28.7 Å². The van der Waals surface area contributed by atoms with E-state index in [1.165, 1.54) is 4.09 Å².